The van der Waals surface area contributed by atoms with Gasteiger partial charge in [-0.1, -0.05) is 30.3 Å². The summed E-state index contributed by atoms with van der Waals surface area (Å²) in [7, 11) is 1.59. The number of hydrogen-bond acceptors (Lipinski definition) is 8. The lowest BCUT2D eigenvalue weighted by atomic mass is 10.1. The molecule has 0 spiro atoms. The van der Waals surface area contributed by atoms with Crippen LogP contribution in [0.1, 0.15) is 50.9 Å². The number of esters is 2. The molecule has 9 heteroatoms. The van der Waals surface area contributed by atoms with E-state index in [0.717, 1.165) is 22.6 Å². The monoisotopic (exact) mass is 511 g/mol. The zero-order chi connectivity index (χ0) is 25.9. The molecule has 3 aromatic rings. The van der Waals surface area contributed by atoms with Gasteiger partial charge in [0.1, 0.15) is 28.0 Å². The molecular weight excluding hydrogens is 482 g/mol. The van der Waals surface area contributed by atoms with Gasteiger partial charge in [0.15, 0.2) is 0 Å². The molecule has 1 amide bonds. The van der Waals surface area contributed by atoms with Crippen LogP contribution < -0.4 is 14.8 Å². The first-order valence-corrected chi connectivity index (χ1v) is 12.3. The van der Waals surface area contributed by atoms with E-state index in [4.69, 9.17) is 18.9 Å². The van der Waals surface area contributed by atoms with Gasteiger partial charge in [-0.15, -0.1) is 11.3 Å². The Hall–Kier alpha value is -3.85. The van der Waals surface area contributed by atoms with Gasteiger partial charge in [-0.3, -0.25) is 4.79 Å². The van der Waals surface area contributed by atoms with E-state index in [9.17, 15) is 14.4 Å². The van der Waals surface area contributed by atoms with Crippen molar-refractivity contribution in [1.29, 1.82) is 0 Å². The molecule has 0 radical (unpaired) electrons. The minimum Gasteiger partial charge on any atom is -0.497 e. The van der Waals surface area contributed by atoms with Gasteiger partial charge in [0, 0.05) is 6.42 Å². The largest absolute Gasteiger partial charge is 0.497 e. The number of methoxy groups -OCH3 is 1. The Morgan fingerprint density at radius 3 is 2.28 bits per heavy atom. The number of carbonyl (C=O) groups excluding carboxylic acids is 3. The van der Waals surface area contributed by atoms with E-state index in [0.29, 0.717) is 24.3 Å². The maximum Gasteiger partial charge on any atom is 0.349 e. The van der Waals surface area contributed by atoms with Crippen molar-refractivity contribution >= 4 is 34.2 Å². The molecule has 0 aliphatic carbocycles. The Balaban J connectivity index is 1.62. The van der Waals surface area contributed by atoms with Crippen LogP contribution >= 0.6 is 11.3 Å². The van der Waals surface area contributed by atoms with Crippen LogP contribution in [0, 0.1) is 6.92 Å². The average Bonchev–Trinajstić information content (AvgIpc) is 3.21. The summed E-state index contributed by atoms with van der Waals surface area (Å²) < 4.78 is 21.3. The van der Waals surface area contributed by atoms with Crippen molar-refractivity contribution in [2.45, 2.75) is 33.3 Å². The Labute approximate surface area is 214 Å². The molecule has 3 rings (SSSR count). The van der Waals surface area contributed by atoms with Gasteiger partial charge in [-0.05, 0) is 55.7 Å². The van der Waals surface area contributed by atoms with Crippen LogP contribution in [0.3, 0.4) is 0 Å². The summed E-state index contributed by atoms with van der Waals surface area (Å²) in [6.45, 7) is 3.93. The highest BCUT2D eigenvalue weighted by molar-refractivity contribution is 7.18. The van der Waals surface area contributed by atoms with Crippen LogP contribution in [-0.2, 0) is 20.9 Å². The summed E-state index contributed by atoms with van der Waals surface area (Å²) in [6.07, 6.45) is 0.631. The Kier molecular flexibility index (Phi) is 9.88. The fourth-order valence-corrected chi connectivity index (χ4v) is 4.42. The summed E-state index contributed by atoms with van der Waals surface area (Å²) in [5.41, 5.74) is 1.42. The van der Waals surface area contributed by atoms with Crippen molar-refractivity contribution in [2.24, 2.45) is 0 Å². The molecule has 0 atom stereocenters. The van der Waals surface area contributed by atoms with E-state index in [2.05, 4.69) is 5.32 Å². The van der Waals surface area contributed by atoms with Gasteiger partial charge < -0.3 is 24.3 Å². The summed E-state index contributed by atoms with van der Waals surface area (Å²) in [6, 6.07) is 16.4. The highest BCUT2D eigenvalue weighted by Gasteiger charge is 2.27. The molecule has 0 bridgehead atoms. The van der Waals surface area contributed by atoms with Crippen molar-refractivity contribution in [3.63, 3.8) is 0 Å². The van der Waals surface area contributed by atoms with E-state index in [-0.39, 0.29) is 41.0 Å². The second-order valence-electron chi connectivity index (χ2n) is 7.72. The highest BCUT2D eigenvalue weighted by atomic mass is 32.1. The Morgan fingerprint density at radius 1 is 0.917 bits per heavy atom. The number of carbonyl (C=O) groups is 3. The second kappa shape index (κ2) is 13.3. The summed E-state index contributed by atoms with van der Waals surface area (Å²) in [4.78, 5) is 38.2. The van der Waals surface area contributed by atoms with Gasteiger partial charge in [0.25, 0.3) is 0 Å². The van der Waals surface area contributed by atoms with Crippen LogP contribution in [0.4, 0.5) is 5.00 Å². The average molecular weight is 512 g/mol. The molecule has 0 aliphatic heterocycles. The van der Waals surface area contributed by atoms with E-state index in [1.165, 1.54) is 0 Å². The zero-order valence-electron chi connectivity index (χ0n) is 20.5. The minimum absolute atomic E-state index is 0.0989. The standard InChI is InChI=1S/C27H29NO7S/c1-4-33-26(30)23-18(2)24(27(31)35-17-19-9-6-5-7-10-19)36-25(23)28-22(29)11-8-16-34-21-14-12-20(32-3)13-15-21/h5-7,9-10,12-15H,4,8,11,16-17H2,1-3H3,(H,28,29). The Bertz CT molecular complexity index is 1170. The molecule has 1 aromatic heterocycles. The van der Waals surface area contributed by atoms with Gasteiger partial charge in [0.05, 0.1) is 25.9 Å². The number of thiophene rings is 1. The third kappa shape index (κ3) is 7.32. The predicted octanol–water partition coefficient (Wildman–Crippen LogP) is 5.40. The third-order valence-corrected chi connectivity index (χ3v) is 6.34. The lowest BCUT2D eigenvalue weighted by Crippen LogP contribution is -2.15. The van der Waals surface area contributed by atoms with E-state index < -0.39 is 11.9 Å². The van der Waals surface area contributed by atoms with Crippen molar-refractivity contribution < 1.29 is 33.3 Å². The molecule has 8 nitrogen and oxygen atoms in total. The lowest BCUT2D eigenvalue weighted by Gasteiger charge is -2.08. The number of hydrogen-bond donors (Lipinski definition) is 1. The van der Waals surface area contributed by atoms with Gasteiger partial charge in [0.2, 0.25) is 5.91 Å². The van der Waals surface area contributed by atoms with Crippen LogP contribution in [0.5, 0.6) is 11.5 Å². The van der Waals surface area contributed by atoms with Crippen LogP contribution in [0.2, 0.25) is 0 Å². The van der Waals surface area contributed by atoms with Crippen molar-refractivity contribution in [3.8, 4) is 11.5 Å². The van der Waals surface area contributed by atoms with Crippen molar-refractivity contribution in [3.05, 3.63) is 76.2 Å². The van der Waals surface area contributed by atoms with Crippen LogP contribution in [0.25, 0.3) is 0 Å². The van der Waals surface area contributed by atoms with Gasteiger partial charge in [-0.25, -0.2) is 9.59 Å². The smallest absolute Gasteiger partial charge is 0.349 e. The first-order chi connectivity index (χ1) is 17.4. The lowest BCUT2D eigenvalue weighted by molar-refractivity contribution is -0.116. The first kappa shape index (κ1) is 26.7. The molecule has 0 fully saturated rings. The van der Waals surface area contributed by atoms with E-state index in [1.807, 2.05) is 30.3 Å². The quantitative estimate of drug-likeness (QED) is 0.257. The van der Waals surface area contributed by atoms with Crippen LogP contribution in [-0.4, -0.2) is 38.2 Å². The minimum atomic E-state index is -0.605. The predicted molar refractivity (Wildman–Crippen MR) is 137 cm³/mol. The fourth-order valence-electron chi connectivity index (χ4n) is 3.32. The molecule has 1 heterocycles. The van der Waals surface area contributed by atoms with Gasteiger partial charge in [-0.2, -0.15) is 0 Å². The molecule has 36 heavy (non-hydrogen) atoms. The van der Waals surface area contributed by atoms with E-state index in [1.54, 1.807) is 45.2 Å². The molecule has 2 aromatic carbocycles. The summed E-state index contributed by atoms with van der Waals surface area (Å²) in [5, 5.41) is 3.02. The molecule has 0 saturated heterocycles. The SMILES string of the molecule is CCOC(=O)c1c(NC(=O)CCCOc2ccc(OC)cc2)sc(C(=O)OCc2ccccc2)c1C. The molecular formula is C27H29NO7S. The number of nitrogens with one attached hydrogen (secondary N) is 1. The number of ether oxygens (including phenoxy) is 4. The maximum absolute atomic E-state index is 12.8. The fraction of sp³-hybridized carbons (Fsp3) is 0.296. The number of amides is 1. The van der Waals surface area contributed by atoms with E-state index >= 15 is 0 Å². The van der Waals surface area contributed by atoms with Gasteiger partial charge >= 0.3 is 11.9 Å². The summed E-state index contributed by atoms with van der Waals surface area (Å²) >= 11 is 1.00. The Morgan fingerprint density at radius 2 is 1.61 bits per heavy atom. The number of rotatable bonds is 12. The topological polar surface area (TPSA) is 100 Å². The molecule has 1 N–H and O–H groups in total. The molecule has 190 valence electrons. The number of benzene rings is 2. The van der Waals surface area contributed by atoms with Crippen molar-refractivity contribution in [1.82, 2.24) is 0 Å². The molecule has 0 saturated carbocycles. The molecule has 0 aliphatic rings. The normalized spacial score (nSPS) is 10.4. The third-order valence-electron chi connectivity index (χ3n) is 5.15. The molecule has 0 unspecified atom stereocenters. The van der Waals surface area contributed by atoms with Crippen molar-refractivity contribution in [2.75, 3.05) is 25.6 Å². The first-order valence-electron chi connectivity index (χ1n) is 11.5. The summed E-state index contributed by atoms with van der Waals surface area (Å²) in [5.74, 6) is -0.0712. The number of anilines is 1. The second-order valence-corrected chi connectivity index (χ2v) is 8.74. The van der Waals surface area contributed by atoms with Crippen LogP contribution in [0.15, 0.2) is 54.6 Å². The maximum atomic E-state index is 12.8. The zero-order valence-corrected chi connectivity index (χ0v) is 21.3. The highest BCUT2D eigenvalue weighted by Crippen LogP contribution is 2.34.